The first-order valence-corrected chi connectivity index (χ1v) is 9.02. The van der Waals surface area contributed by atoms with Gasteiger partial charge in [0.15, 0.2) is 0 Å². The highest BCUT2D eigenvalue weighted by molar-refractivity contribution is 8.03. The predicted molar refractivity (Wildman–Crippen MR) is 89.3 cm³/mol. The molecule has 0 spiro atoms. The summed E-state index contributed by atoms with van der Waals surface area (Å²) in [5.74, 6) is 0. The summed E-state index contributed by atoms with van der Waals surface area (Å²) in [6, 6.07) is 12.9. The third kappa shape index (κ3) is 4.04. The van der Waals surface area contributed by atoms with E-state index >= 15 is 0 Å². The molecule has 0 aliphatic rings. The Hall–Kier alpha value is -2.48. The minimum Gasteiger partial charge on any atom is -0.279 e. The Morgan fingerprint density at radius 1 is 1.17 bits per heavy atom. The number of rotatable bonds is 5. The smallest absolute Gasteiger partial charge is 0.261 e. The lowest BCUT2D eigenvalue weighted by Crippen LogP contribution is -2.14. The first-order valence-electron chi connectivity index (χ1n) is 6.72. The lowest BCUT2D eigenvalue weighted by Gasteiger charge is -2.12. The van der Waals surface area contributed by atoms with Gasteiger partial charge in [0.25, 0.3) is 10.0 Å². The summed E-state index contributed by atoms with van der Waals surface area (Å²) in [6.07, 6.45) is 0.621. The van der Waals surface area contributed by atoms with Crippen molar-refractivity contribution < 1.29 is 8.42 Å². The van der Waals surface area contributed by atoms with Gasteiger partial charge in [0, 0.05) is 4.90 Å². The number of hydrogen-bond acceptors (Lipinski definition) is 5. The summed E-state index contributed by atoms with van der Waals surface area (Å²) in [5.41, 5.74) is 1.55. The Bertz CT molecular complexity index is 910. The van der Waals surface area contributed by atoms with Crippen LogP contribution in [0.4, 0.5) is 5.69 Å². The second kappa shape index (κ2) is 7.19. The van der Waals surface area contributed by atoms with Crippen LogP contribution in [0.5, 0.6) is 0 Å². The molecule has 0 amide bonds. The zero-order valence-electron chi connectivity index (χ0n) is 12.3. The SMILES string of the molecule is CCc1cc(SC#N)ccc1NS(=O)(=O)c1cccc(C#N)c1. The fraction of sp³-hybridized carbons (Fsp3) is 0.125. The maximum atomic E-state index is 12.5. The highest BCUT2D eigenvalue weighted by atomic mass is 32.2. The van der Waals surface area contributed by atoms with E-state index in [0.717, 1.165) is 22.2 Å². The van der Waals surface area contributed by atoms with Gasteiger partial charge in [0.1, 0.15) is 5.40 Å². The molecule has 23 heavy (non-hydrogen) atoms. The Balaban J connectivity index is 2.37. The molecule has 0 aliphatic carbocycles. The Kier molecular flexibility index (Phi) is 5.28. The number of benzene rings is 2. The van der Waals surface area contributed by atoms with E-state index in [1.54, 1.807) is 24.3 Å². The molecular weight excluding hydrogens is 330 g/mol. The van der Waals surface area contributed by atoms with Crippen molar-refractivity contribution in [2.24, 2.45) is 0 Å². The molecule has 0 unspecified atom stereocenters. The summed E-state index contributed by atoms with van der Waals surface area (Å²) in [7, 11) is -3.78. The van der Waals surface area contributed by atoms with E-state index in [-0.39, 0.29) is 10.5 Å². The number of thioether (sulfide) groups is 1. The second-order valence-electron chi connectivity index (χ2n) is 4.61. The van der Waals surface area contributed by atoms with Gasteiger partial charge in [-0.15, -0.1) is 0 Å². The molecule has 0 bridgehead atoms. The number of nitriles is 2. The molecule has 0 heterocycles. The van der Waals surface area contributed by atoms with E-state index in [2.05, 4.69) is 4.72 Å². The lowest BCUT2D eigenvalue weighted by molar-refractivity contribution is 0.601. The third-order valence-electron chi connectivity index (χ3n) is 3.14. The van der Waals surface area contributed by atoms with Crippen LogP contribution in [-0.4, -0.2) is 8.42 Å². The molecule has 0 saturated carbocycles. The first kappa shape index (κ1) is 16.9. The fourth-order valence-electron chi connectivity index (χ4n) is 2.01. The van der Waals surface area contributed by atoms with Gasteiger partial charge >= 0.3 is 0 Å². The van der Waals surface area contributed by atoms with Gasteiger partial charge in [0.05, 0.1) is 22.2 Å². The Morgan fingerprint density at radius 2 is 1.96 bits per heavy atom. The van der Waals surface area contributed by atoms with Crippen molar-refractivity contribution >= 4 is 27.5 Å². The molecule has 7 heteroatoms. The van der Waals surface area contributed by atoms with Crippen molar-refractivity contribution in [1.29, 1.82) is 10.5 Å². The third-order valence-corrected chi connectivity index (χ3v) is 5.08. The van der Waals surface area contributed by atoms with Crippen LogP contribution in [0.15, 0.2) is 52.3 Å². The summed E-state index contributed by atoms with van der Waals surface area (Å²) < 4.78 is 27.5. The zero-order chi connectivity index (χ0) is 16.9. The normalized spacial score (nSPS) is 10.6. The van der Waals surface area contributed by atoms with Gasteiger partial charge in [-0.3, -0.25) is 4.72 Å². The van der Waals surface area contributed by atoms with E-state index in [0.29, 0.717) is 12.1 Å². The molecule has 0 radical (unpaired) electrons. The van der Waals surface area contributed by atoms with Crippen molar-refractivity contribution in [3.05, 3.63) is 53.6 Å². The van der Waals surface area contributed by atoms with Gasteiger partial charge in [-0.2, -0.15) is 10.5 Å². The van der Waals surface area contributed by atoms with Crippen LogP contribution < -0.4 is 4.72 Å². The number of sulfonamides is 1. The molecule has 0 saturated heterocycles. The van der Waals surface area contributed by atoms with Crippen LogP contribution >= 0.6 is 11.8 Å². The maximum absolute atomic E-state index is 12.5. The van der Waals surface area contributed by atoms with E-state index in [9.17, 15) is 8.42 Å². The molecule has 0 fully saturated rings. The van der Waals surface area contributed by atoms with E-state index in [4.69, 9.17) is 10.5 Å². The van der Waals surface area contributed by atoms with Crippen LogP contribution in [0.1, 0.15) is 18.1 Å². The number of nitrogens with zero attached hydrogens (tertiary/aromatic N) is 2. The molecule has 1 N–H and O–H groups in total. The van der Waals surface area contributed by atoms with Crippen LogP contribution in [0.2, 0.25) is 0 Å². The van der Waals surface area contributed by atoms with Crippen LogP contribution in [0.3, 0.4) is 0 Å². The molecular formula is C16H13N3O2S2. The molecule has 116 valence electrons. The molecule has 2 aromatic carbocycles. The molecule has 0 atom stereocenters. The maximum Gasteiger partial charge on any atom is 0.261 e. The molecule has 0 aromatic heterocycles. The fourth-order valence-corrected chi connectivity index (χ4v) is 3.60. The standard InChI is InChI=1S/C16H13N3O2S2/c1-2-13-9-14(22-11-18)6-7-16(13)19-23(20,21)15-5-3-4-12(8-15)10-17/h3-9,19H,2H2,1H3. The van der Waals surface area contributed by atoms with Crippen LogP contribution in [0.25, 0.3) is 0 Å². The zero-order valence-corrected chi connectivity index (χ0v) is 13.9. The number of thiocyanates is 1. The van der Waals surface area contributed by atoms with Crippen molar-refractivity contribution in [2.45, 2.75) is 23.1 Å². The summed E-state index contributed by atoms with van der Waals surface area (Å²) in [5, 5.41) is 19.6. The van der Waals surface area contributed by atoms with Crippen LogP contribution in [0, 0.1) is 22.0 Å². The van der Waals surface area contributed by atoms with Crippen molar-refractivity contribution in [3.8, 4) is 11.5 Å². The first-order chi connectivity index (χ1) is 11.0. The highest BCUT2D eigenvalue weighted by Crippen LogP contribution is 2.26. The average Bonchev–Trinajstić information content (AvgIpc) is 2.56. The van der Waals surface area contributed by atoms with Crippen molar-refractivity contribution in [2.75, 3.05) is 4.72 Å². The number of hydrogen-bond donors (Lipinski definition) is 1. The lowest BCUT2D eigenvalue weighted by atomic mass is 10.1. The average molecular weight is 343 g/mol. The topological polar surface area (TPSA) is 93.8 Å². The second-order valence-corrected chi connectivity index (χ2v) is 7.15. The minimum atomic E-state index is -3.78. The Morgan fingerprint density at radius 3 is 2.61 bits per heavy atom. The van der Waals surface area contributed by atoms with E-state index in [1.165, 1.54) is 18.2 Å². The molecule has 2 rings (SSSR count). The highest BCUT2D eigenvalue weighted by Gasteiger charge is 2.16. The molecule has 5 nitrogen and oxygen atoms in total. The number of nitrogens with one attached hydrogen (secondary N) is 1. The van der Waals surface area contributed by atoms with Crippen molar-refractivity contribution in [1.82, 2.24) is 0 Å². The number of anilines is 1. The quantitative estimate of drug-likeness (QED) is 0.662. The number of aryl methyl sites for hydroxylation is 1. The largest absolute Gasteiger partial charge is 0.279 e. The summed E-state index contributed by atoms with van der Waals surface area (Å²) in [6.45, 7) is 1.91. The van der Waals surface area contributed by atoms with Crippen molar-refractivity contribution in [3.63, 3.8) is 0 Å². The van der Waals surface area contributed by atoms with E-state index < -0.39 is 10.0 Å². The minimum absolute atomic E-state index is 0.0362. The molecule has 0 aliphatic heterocycles. The van der Waals surface area contributed by atoms with E-state index in [1.807, 2.05) is 18.4 Å². The van der Waals surface area contributed by atoms with Gasteiger partial charge in [-0.1, -0.05) is 13.0 Å². The summed E-state index contributed by atoms with van der Waals surface area (Å²) in [4.78, 5) is 0.799. The summed E-state index contributed by atoms with van der Waals surface area (Å²) >= 11 is 1.03. The van der Waals surface area contributed by atoms with Gasteiger partial charge in [0.2, 0.25) is 0 Å². The van der Waals surface area contributed by atoms with Gasteiger partial charge in [-0.25, -0.2) is 8.42 Å². The predicted octanol–water partition coefficient (Wildman–Crippen LogP) is 3.49. The monoisotopic (exact) mass is 343 g/mol. The Labute approximate surface area is 139 Å². The van der Waals surface area contributed by atoms with Gasteiger partial charge < -0.3 is 0 Å². The molecule has 2 aromatic rings. The van der Waals surface area contributed by atoms with Crippen LogP contribution in [-0.2, 0) is 16.4 Å². The van der Waals surface area contributed by atoms with Gasteiger partial charge in [-0.05, 0) is 60.1 Å².